The number of hydrogen-bond acceptors (Lipinski definition) is 4. The molecule has 0 aromatic heterocycles. The van der Waals surface area contributed by atoms with Gasteiger partial charge >= 0.3 is 0 Å². The van der Waals surface area contributed by atoms with E-state index in [-0.39, 0.29) is 11.8 Å². The van der Waals surface area contributed by atoms with E-state index in [1.807, 2.05) is 24.3 Å². The molecule has 6 nitrogen and oxygen atoms in total. The van der Waals surface area contributed by atoms with Crippen LogP contribution in [-0.2, 0) is 9.59 Å². The SMILES string of the molecule is CNC(=O)c1ccc(NC(=O)C2(C)Sc3ccccc3N(C)C2=O)cc1. The fourth-order valence-electron chi connectivity index (χ4n) is 2.76. The van der Waals surface area contributed by atoms with E-state index in [1.165, 1.54) is 16.7 Å². The number of carbonyl (C=O) groups is 3. The van der Waals surface area contributed by atoms with Gasteiger partial charge in [-0.1, -0.05) is 23.9 Å². The van der Waals surface area contributed by atoms with Crippen LogP contribution in [0.25, 0.3) is 0 Å². The van der Waals surface area contributed by atoms with Crippen molar-refractivity contribution in [3.05, 3.63) is 54.1 Å². The normalized spacial score (nSPS) is 18.9. The lowest BCUT2D eigenvalue weighted by Crippen LogP contribution is -2.53. The van der Waals surface area contributed by atoms with Crippen LogP contribution in [-0.4, -0.2) is 36.6 Å². The van der Waals surface area contributed by atoms with E-state index < -0.39 is 10.7 Å². The van der Waals surface area contributed by atoms with Crippen LogP contribution in [0.2, 0.25) is 0 Å². The second-order valence-electron chi connectivity index (χ2n) is 6.08. The van der Waals surface area contributed by atoms with E-state index in [0.717, 1.165) is 10.6 Å². The van der Waals surface area contributed by atoms with E-state index in [0.29, 0.717) is 11.3 Å². The third kappa shape index (κ3) is 3.06. The molecule has 0 bridgehead atoms. The van der Waals surface area contributed by atoms with Gasteiger partial charge in [-0.15, -0.1) is 0 Å². The molecule has 2 N–H and O–H groups in total. The summed E-state index contributed by atoms with van der Waals surface area (Å²) in [4.78, 5) is 39.7. The minimum atomic E-state index is -1.28. The Balaban J connectivity index is 1.83. The summed E-state index contributed by atoms with van der Waals surface area (Å²) in [7, 11) is 3.23. The Kier molecular flexibility index (Phi) is 4.73. The van der Waals surface area contributed by atoms with Crippen molar-refractivity contribution in [1.82, 2.24) is 5.32 Å². The third-order valence-corrected chi connectivity index (χ3v) is 5.65. The van der Waals surface area contributed by atoms with Crippen LogP contribution in [0, 0.1) is 0 Å². The number of hydrogen-bond donors (Lipinski definition) is 2. The molecular weight excluding hydrogens is 350 g/mol. The monoisotopic (exact) mass is 369 g/mol. The molecule has 1 aliphatic rings. The van der Waals surface area contributed by atoms with Gasteiger partial charge < -0.3 is 15.5 Å². The zero-order valence-electron chi connectivity index (χ0n) is 14.7. The molecule has 1 heterocycles. The summed E-state index contributed by atoms with van der Waals surface area (Å²) in [5.41, 5.74) is 1.81. The predicted molar refractivity (Wildman–Crippen MR) is 103 cm³/mol. The lowest BCUT2D eigenvalue weighted by molar-refractivity contribution is -0.128. The van der Waals surface area contributed by atoms with Crippen LogP contribution >= 0.6 is 11.8 Å². The second-order valence-corrected chi connectivity index (χ2v) is 7.54. The highest BCUT2D eigenvalue weighted by Crippen LogP contribution is 2.45. The molecule has 3 rings (SSSR count). The van der Waals surface area contributed by atoms with Crippen molar-refractivity contribution in [2.75, 3.05) is 24.3 Å². The predicted octanol–water partition coefficient (Wildman–Crippen LogP) is 2.51. The number of carbonyl (C=O) groups excluding carboxylic acids is 3. The average Bonchev–Trinajstić information content (AvgIpc) is 2.66. The number of nitrogens with one attached hydrogen (secondary N) is 2. The van der Waals surface area contributed by atoms with Crippen molar-refractivity contribution in [2.45, 2.75) is 16.6 Å². The van der Waals surface area contributed by atoms with Crippen molar-refractivity contribution >= 4 is 40.9 Å². The zero-order chi connectivity index (χ0) is 18.9. The van der Waals surface area contributed by atoms with Gasteiger partial charge in [0.05, 0.1) is 5.69 Å². The molecule has 26 heavy (non-hydrogen) atoms. The van der Waals surface area contributed by atoms with Crippen molar-refractivity contribution in [3.8, 4) is 0 Å². The van der Waals surface area contributed by atoms with Crippen LogP contribution in [0.5, 0.6) is 0 Å². The van der Waals surface area contributed by atoms with E-state index in [1.54, 1.807) is 45.3 Å². The van der Waals surface area contributed by atoms with Gasteiger partial charge in [0.25, 0.3) is 11.8 Å². The highest BCUT2D eigenvalue weighted by Gasteiger charge is 2.48. The number of amides is 3. The topological polar surface area (TPSA) is 78.5 Å². The van der Waals surface area contributed by atoms with Crippen molar-refractivity contribution in [3.63, 3.8) is 0 Å². The smallest absolute Gasteiger partial charge is 0.252 e. The molecule has 0 saturated carbocycles. The van der Waals surface area contributed by atoms with Crippen LogP contribution in [0.1, 0.15) is 17.3 Å². The molecule has 7 heteroatoms. The molecule has 0 spiro atoms. The summed E-state index contributed by atoms with van der Waals surface area (Å²) in [6.45, 7) is 1.63. The van der Waals surface area contributed by atoms with E-state index >= 15 is 0 Å². The molecule has 1 aliphatic heterocycles. The average molecular weight is 369 g/mol. The molecule has 2 aromatic carbocycles. The van der Waals surface area contributed by atoms with Crippen LogP contribution in [0.3, 0.4) is 0 Å². The largest absolute Gasteiger partial charge is 0.355 e. The summed E-state index contributed by atoms with van der Waals surface area (Å²) in [6, 6.07) is 14.0. The summed E-state index contributed by atoms with van der Waals surface area (Å²) in [5.74, 6) is -0.881. The first-order valence-electron chi connectivity index (χ1n) is 8.06. The Morgan fingerprint density at radius 3 is 2.38 bits per heavy atom. The van der Waals surface area contributed by atoms with Gasteiger partial charge in [0.2, 0.25) is 5.91 Å². The van der Waals surface area contributed by atoms with Crippen LogP contribution in [0.4, 0.5) is 11.4 Å². The molecule has 134 valence electrons. The van der Waals surface area contributed by atoms with E-state index in [2.05, 4.69) is 10.6 Å². The Morgan fingerprint density at radius 1 is 1.08 bits per heavy atom. The molecule has 0 fully saturated rings. The molecule has 1 atom stereocenters. The fourth-order valence-corrected chi connectivity index (χ4v) is 4.02. The highest BCUT2D eigenvalue weighted by atomic mass is 32.2. The first-order chi connectivity index (χ1) is 12.4. The minimum Gasteiger partial charge on any atom is -0.355 e. The van der Waals surface area contributed by atoms with E-state index in [4.69, 9.17) is 0 Å². The van der Waals surface area contributed by atoms with Crippen LogP contribution < -0.4 is 15.5 Å². The lowest BCUT2D eigenvalue weighted by Gasteiger charge is -2.36. The number of para-hydroxylation sites is 1. The van der Waals surface area contributed by atoms with Crippen molar-refractivity contribution in [1.29, 1.82) is 0 Å². The quantitative estimate of drug-likeness (QED) is 0.815. The Bertz CT molecular complexity index is 882. The number of thioether (sulfide) groups is 1. The summed E-state index contributed by atoms with van der Waals surface area (Å²) < 4.78 is -1.28. The summed E-state index contributed by atoms with van der Waals surface area (Å²) in [6.07, 6.45) is 0. The number of fused-ring (bicyclic) bond motifs is 1. The van der Waals surface area contributed by atoms with Gasteiger partial charge in [-0.25, -0.2) is 0 Å². The molecule has 0 radical (unpaired) electrons. The van der Waals surface area contributed by atoms with E-state index in [9.17, 15) is 14.4 Å². The molecule has 2 aromatic rings. The number of nitrogens with zero attached hydrogens (tertiary/aromatic N) is 1. The molecular formula is C19H19N3O3S. The van der Waals surface area contributed by atoms with Gasteiger partial charge in [0.15, 0.2) is 4.75 Å². The lowest BCUT2D eigenvalue weighted by atomic mass is 10.1. The Labute approximate surface area is 156 Å². The maximum atomic E-state index is 12.9. The first-order valence-corrected chi connectivity index (χ1v) is 8.88. The minimum absolute atomic E-state index is 0.203. The summed E-state index contributed by atoms with van der Waals surface area (Å²) in [5, 5.41) is 5.32. The standard InChI is InChI=1S/C19H19N3O3S/c1-19(18(25)22(3)14-6-4-5-7-15(14)26-19)17(24)21-13-10-8-12(9-11-13)16(23)20-2/h4-11H,1-3H3,(H,20,23)(H,21,24). The highest BCUT2D eigenvalue weighted by molar-refractivity contribution is 8.02. The van der Waals surface area contributed by atoms with Gasteiger partial charge in [-0.05, 0) is 43.3 Å². The maximum Gasteiger partial charge on any atom is 0.252 e. The van der Waals surface area contributed by atoms with Gasteiger partial charge in [0, 0.05) is 30.2 Å². The maximum absolute atomic E-state index is 12.9. The Morgan fingerprint density at radius 2 is 1.73 bits per heavy atom. The summed E-state index contributed by atoms with van der Waals surface area (Å²) >= 11 is 1.24. The van der Waals surface area contributed by atoms with Gasteiger partial charge in [-0.2, -0.15) is 0 Å². The number of benzene rings is 2. The number of anilines is 2. The van der Waals surface area contributed by atoms with Crippen molar-refractivity contribution < 1.29 is 14.4 Å². The molecule has 0 aliphatic carbocycles. The fraction of sp³-hybridized carbons (Fsp3) is 0.211. The number of rotatable bonds is 3. The zero-order valence-corrected chi connectivity index (χ0v) is 15.5. The first kappa shape index (κ1) is 18.0. The second kappa shape index (κ2) is 6.84. The molecule has 0 saturated heterocycles. The molecule has 1 unspecified atom stereocenters. The van der Waals surface area contributed by atoms with Gasteiger partial charge in [-0.3, -0.25) is 14.4 Å². The van der Waals surface area contributed by atoms with Gasteiger partial charge in [0.1, 0.15) is 0 Å². The van der Waals surface area contributed by atoms with Crippen molar-refractivity contribution in [2.24, 2.45) is 0 Å². The van der Waals surface area contributed by atoms with Crippen LogP contribution in [0.15, 0.2) is 53.4 Å². The Hall–Kier alpha value is -2.80. The third-order valence-electron chi connectivity index (χ3n) is 4.32. The molecule has 3 amide bonds.